The number of halogens is 1. The van der Waals surface area contributed by atoms with Gasteiger partial charge in [0.2, 0.25) is 0 Å². The van der Waals surface area contributed by atoms with E-state index in [9.17, 15) is 4.79 Å². The number of rotatable bonds is 6. The lowest BCUT2D eigenvalue weighted by molar-refractivity contribution is 0.207. The Bertz CT molecular complexity index is 811. The number of H-pyrrole nitrogens is 1. The van der Waals surface area contributed by atoms with Gasteiger partial charge in [-0.15, -0.1) is 0 Å². The van der Waals surface area contributed by atoms with Gasteiger partial charge < -0.3 is 15.2 Å². The average Bonchev–Trinajstić information content (AvgIpc) is 3.03. The van der Waals surface area contributed by atoms with Crippen molar-refractivity contribution in [1.29, 1.82) is 0 Å². The number of hydrogen-bond donors (Lipinski definition) is 2. The number of hydrogen-bond acceptors (Lipinski definition) is 2. The van der Waals surface area contributed by atoms with Crippen molar-refractivity contribution in [1.82, 2.24) is 20.2 Å². The molecule has 0 saturated carbocycles. The quantitative estimate of drug-likeness (QED) is 0.611. The van der Waals surface area contributed by atoms with Crippen LogP contribution in [0.15, 0.2) is 53.0 Å². The molecule has 5 nitrogen and oxygen atoms in total. The van der Waals surface area contributed by atoms with Gasteiger partial charge in [-0.1, -0.05) is 40.2 Å². The van der Waals surface area contributed by atoms with E-state index >= 15 is 0 Å². The molecule has 1 aromatic heterocycles. The van der Waals surface area contributed by atoms with Crippen molar-refractivity contribution in [3.05, 3.63) is 64.4 Å². The summed E-state index contributed by atoms with van der Waals surface area (Å²) in [6, 6.07) is 15.9. The third kappa shape index (κ3) is 4.82. The zero-order valence-corrected chi connectivity index (χ0v) is 15.7. The molecule has 1 heterocycles. The standard InChI is InChI=1S/C19H21BrN4O/c1-24(13-14-8-10-15(20)11-9-14)19(25)21-12-4-7-18-22-16-5-2-3-6-17(16)23-18/h2-3,5-6,8-11H,4,7,12-13H2,1H3,(H,21,25)(H,22,23). The van der Waals surface area contributed by atoms with Crippen molar-refractivity contribution in [3.63, 3.8) is 0 Å². The minimum Gasteiger partial charge on any atom is -0.342 e. The molecule has 0 unspecified atom stereocenters. The molecule has 3 rings (SSSR count). The maximum atomic E-state index is 12.1. The van der Waals surface area contributed by atoms with Crippen LogP contribution in [0.25, 0.3) is 11.0 Å². The van der Waals surface area contributed by atoms with Gasteiger partial charge in [-0.25, -0.2) is 9.78 Å². The van der Waals surface area contributed by atoms with Crippen molar-refractivity contribution in [2.24, 2.45) is 0 Å². The molecule has 0 spiro atoms. The van der Waals surface area contributed by atoms with Crippen molar-refractivity contribution >= 4 is 33.0 Å². The number of amides is 2. The van der Waals surface area contributed by atoms with E-state index in [0.29, 0.717) is 13.1 Å². The number of aromatic nitrogens is 2. The highest BCUT2D eigenvalue weighted by Gasteiger charge is 2.08. The van der Waals surface area contributed by atoms with Gasteiger partial charge in [0.25, 0.3) is 0 Å². The van der Waals surface area contributed by atoms with E-state index in [1.54, 1.807) is 11.9 Å². The van der Waals surface area contributed by atoms with Crippen LogP contribution in [0.2, 0.25) is 0 Å². The van der Waals surface area contributed by atoms with E-state index in [1.807, 2.05) is 48.5 Å². The fourth-order valence-corrected chi connectivity index (χ4v) is 2.91. The van der Waals surface area contributed by atoms with Gasteiger partial charge in [-0.3, -0.25) is 0 Å². The molecule has 2 amide bonds. The number of fused-ring (bicyclic) bond motifs is 1. The lowest BCUT2D eigenvalue weighted by Gasteiger charge is -2.18. The average molecular weight is 401 g/mol. The molecule has 0 bridgehead atoms. The number of benzene rings is 2. The molecule has 0 radical (unpaired) electrons. The smallest absolute Gasteiger partial charge is 0.317 e. The third-order valence-electron chi connectivity index (χ3n) is 3.98. The second-order valence-electron chi connectivity index (χ2n) is 6.02. The number of nitrogens with one attached hydrogen (secondary N) is 2. The molecule has 3 aromatic rings. The topological polar surface area (TPSA) is 61.0 Å². The number of imidazole rings is 1. The van der Waals surface area contributed by atoms with Crippen molar-refractivity contribution in [2.75, 3.05) is 13.6 Å². The highest BCUT2D eigenvalue weighted by molar-refractivity contribution is 9.10. The summed E-state index contributed by atoms with van der Waals surface area (Å²) in [5.74, 6) is 0.957. The third-order valence-corrected chi connectivity index (χ3v) is 4.51. The van der Waals surface area contributed by atoms with E-state index in [4.69, 9.17) is 0 Å². The molecular weight excluding hydrogens is 380 g/mol. The van der Waals surface area contributed by atoms with E-state index in [1.165, 1.54) is 0 Å². The molecule has 0 saturated heterocycles. The number of aromatic amines is 1. The zero-order valence-electron chi connectivity index (χ0n) is 14.1. The number of aryl methyl sites for hydroxylation is 1. The Morgan fingerprint density at radius 1 is 1.20 bits per heavy atom. The maximum absolute atomic E-state index is 12.1. The summed E-state index contributed by atoms with van der Waals surface area (Å²) in [5, 5.41) is 2.95. The van der Waals surface area contributed by atoms with Crippen LogP contribution in [0.3, 0.4) is 0 Å². The first-order chi connectivity index (χ1) is 12.1. The van der Waals surface area contributed by atoms with Gasteiger partial charge in [-0.2, -0.15) is 0 Å². The monoisotopic (exact) mass is 400 g/mol. The molecule has 25 heavy (non-hydrogen) atoms. The van der Waals surface area contributed by atoms with Crippen LogP contribution >= 0.6 is 15.9 Å². The summed E-state index contributed by atoms with van der Waals surface area (Å²) in [6.45, 7) is 1.21. The molecule has 2 aromatic carbocycles. The Morgan fingerprint density at radius 3 is 2.72 bits per heavy atom. The number of carbonyl (C=O) groups is 1. The lowest BCUT2D eigenvalue weighted by atomic mass is 10.2. The Morgan fingerprint density at radius 2 is 1.96 bits per heavy atom. The van der Waals surface area contributed by atoms with Crippen LogP contribution in [0.1, 0.15) is 17.8 Å². The summed E-state index contributed by atoms with van der Waals surface area (Å²) in [4.78, 5) is 21.7. The summed E-state index contributed by atoms with van der Waals surface area (Å²) >= 11 is 3.41. The van der Waals surface area contributed by atoms with Crippen LogP contribution in [-0.2, 0) is 13.0 Å². The lowest BCUT2D eigenvalue weighted by Crippen LogP contribution is -2.37. The zero-order chi connectivity index (χ0) is 17.6. The normalized spacial score (nSPS) is 10.8. The Hall–Kier alpha value is -2.34. The Kier molecular flexibility index (Phi) is 5.71. The van der Waals surface area contributed by atoms with Gasteiger partial charge in [0.1, 0.15) is 5.82 Å². The molecule has 0 aliphatic carbocycles. The van der Waals surface area contributed by atoms with Crippen molar-refractivity contribution in [2.45, 2.75) is 19.4 Å². The predicted molar refractivity (Wildman–Crippen MR) is 103 cm³/mol. The summed E-state index contributed by atoms with van der Waals surface area (Å²) in [6.07, 6.45) is 1.66. The van der Waals surface area contributed by atoms with Crippen LogP contribution in [0, 0.1) is 0 Å². The second-order valence-corrected chi connectivity index (χ2v) is 6.93. The highest BCUT2D eigenvalue weighted by Crippen LogP contribution is 2.12. The number of nitrogens with zero attached hydrogens (tertiary/aromatic N) is 2. The van der Waals surface area contributed by atoms with Gasteiger partial charge in [0.15, 0.2) is 0 Å². The number of urea groups is 1. The Balaban J connectivity index is 1.41. The molecule has 2 N–H and O–H groups in total. The summed E-state index contributed by atoms with van der Waals surface area (Å²) in [5.41, 5.74) is 3.13. The predicted octanol–water partition coefficient (Wildman–Crippen LogP) is 4.10. The fourth-order valence-electron chi connectivity index (χ4n) is 2.65. The Labute approximate surface area is 155 Å². The van der Waals surface area contributed by atoms with Crippen LogP contribution in [0.4, 0.5) is 4.79 Å². The minimum atomic E-state index is -0.0625. The van der Waals surface area contributed by atoms with Crippen LogP contribution in [0.5, 0.6) is 0 Å². The van der Waals surface area contributed by atoms with E-state index in [2.05, 4.69) is 31.2 Å². The van der Waals surface area contributed by atoms with E-state index < -0.39 is 0 Å². The van der Waals surface area contributed by atoms with Crippen molar-refractivity contribution < 1.29 is 4.79 Å². The van der Waals surface area contributed by atoms with Gasteiger partial charge in [0, 0.05) is 31.0 Å². The summed E-state index contributed by atoms with van der Waals surface area (Å²) < 4.78 is 1.04. The molecule has 6 heteroatoms. The van der Waals surface area contributed by atoms with E-state index in [-0.39, 0.29) is 6.03 Å². The SMILES string of the molecule is CN(Cc1ccc(Br)cc1)C(=O)NCCCc1nc2ccccc2[nH]1. The van der Waals surface area contributed by atoms with Crippen LogP contribution in [-0.4, -0.2) is 34.5 Å². The largest absolute Gasteiger partial charge is 0.342 e. The first-order valence-electron chi connectivity index (χ1n) is 8.29. The number of para-hydroxylation sites is 2. The van der Waals surface area contributed by atoms with Gasteiger partial charge in [-0.05, 0) is 36.2 Å². The molecule has 0 aliphatic rings. The molecule has 0 fully saturated rings. The first-order valence-corrected chi connectivity index (χ1v) is 9.08. The molecular formula is C19H21BrN4O. The molecule has 0 aliphatic heterocycles. The molecule has 130 valence electrons. The fraction of sp³-hybridized carbons (Fsp3) is 0.263. The highest BCUT2D eigenvalue weighted by atomic mass is 79.9. The maximum Gasteiger partial charge on any atom is 0.317 e. The van der Waals surface area contributed by atoms with Crippen molar-refractivity contribution in [3.8, 4) is 0 Å². The van der Waals surface area contributed by atoms with Gasteiger partial charge in [0.05, 0.1) is 11.0 Å². The summed E-state index contributed by atoms with van der Waals surface area (Å²) in [7, 11) is 1.80. The number of carbonyl (C=O) groups excluding carboxylic acids is 1. The van der Waals surface area contributed by atoms with Crippen LogP contribution < -0.4 is 5.32 Å². The van der Waals surface area contributed by atoms with E-state index in [0.717, 1.165) is 39.7 Å². The molecule has 0 atom stereocenters. The minimum absolute atomic E-state index is 0.0625. The second kappa shape index (κ2) is 8.16. The van der Waals surface area contributed by atoms with Gasteiger partial charge >= 0.3 is 6.03 Å². The first kappa shape index (κ1) is 17.5.